The fraction of sp³-hybridized carbons (Fsp3) is 0.140. The number of carbonyl (C=O) groups excluding carboxylic acids is 1. The molecule has 0 aliphatic rings. The van der Waals surface area contributed by atoms with Gasteiger partial charge in [0.05, 0.1) is 16.9 Å². The maximum absolute atomic E-state index is 12.4. The fourth-order valence-electron chi connectivity index (χ4n) is 6.91. The Morgan fingerprint density at radius 2 is 0.778 bits per heavy atom. The van der Waals surface area contributed by atoms with Crippen LogP contribution in [-0.4, -0.2) is 5.97 Å². The molecule has 0 fully saturated rings. The van der Waals surface area contributed by atoms with Crippen LogP contribution in [0.5, 0.6) is 34.5 Å². The Kier molecular flexibility index (Phi) is 13.8. The zero-order valence-corrected chi connectivity index (χ0v) is 37.4. The first-order chi connectivity index (χ1) is 30.3. The molecule has 0 bridgehead atoms. The molecule has 0 N–H and O–H groups in total. The average Bonchev–Trinajstić information content (AvgIpc) is 3.29. The quantitative estimate of drug-likeness (QED) is 0.121. The minimum atomic E-state index is -1.36. The largest absolute Gasteiger partial charge is 0.545 e. The number of aromatic carboxylic acids is 1. The summed E-state index contributed by atoms with van der Waals surface area (Å²) in [5.74, 6) is 0.799. The molecule has 316 valence electrons. The third kappa shape index (κ3) is 11.3. The van der Waals surface area contributed by atoms with Gasteiger partial charge < -0.3 is 24.1 Å². The smallest absolute Gasteiger partial charge is 0.213 e. The normalized spacial score (nSPS) is 11.3. The number of hydrogen-bond acceptors (Lipinski definition) is 5. The van der Waals surface area contributed by atoms with Gasteiger partial charge in [-0.05, 0) is 106 Å². The molecule has 0 saturated heterocycles. The summed E-state index contributed by atoms with van der Waals surface area (Å²) in [6, 6.07) is 67.2. The van der Waals surface area contributed by atoms with E-state index in [1.165, 1.54) is 31.9 Å². The summed E-state index contributed by atoms with van der Waals surface area (Å²) in [7, 11) is -0.0847. The molecule has 6 heteroatoms. The van der Waals surface area contributed by atoms with Gasteiger partial charge in [0.15, 0.2) is 26.2 Å². The third-order valence-electron chi connectivity index (χ3n) is 10.3. The van der Waals surface area contributed by atoms with Crippen LogP contribution >= 0.6 is 0 Å². The van der Waals surface area contributed by atoms with Gasteiger partial charge in [-0.1, -0.05) is 169 Å². The lowest BCUT2D eigenvalue weighted by atomic mass is 9.87. The maximum Gasteiger partial charge on any atom is 0.213 e. The molecule has 0 amide bonds. The minimum Gasteiger partial charge on any atom is -0.545 e. The Morgan fingerprint density at radius 1 is 0.429 bits per heavy atom. The van der Waals surface area contributed by atoms with Crippen molar-refractivity contribution in [2.24, 2.45) is 0 Å². The Labute approximate surface area is 375 Å². The molecule has 0 aliphatic heterocycles. The van der Waals surface area contributed by atoms with Gasteiger partial charge in [-0.25, -0.2) is 0 Å². The Morgan fingerprint density at radius 3 is 1.17 bits per heavy atom. The molecule has 0 radical (unpaired) electrons. The molecule has 0 atom stereocenters. The van der Waals surface area contributed by atoms with Crippen molar-refractivity contribution in [2.45, 2.75) is 67.1 Å². The van der Waals surface area contributed by atoms with Crippen LogP contribution in [0, 0.1) is 0 Å². The van der Waals surface area contributed by atoms with Crippen molar-refractivity contribution in [3.63, 3.8) is 0 Å². The highest BCUT2D eigenvalue weighted by Gasteiger charge is 2.30. The molecule has 63 heavy (non-hydrogen) atoms. The van der Waals surface area contributed by atoms with Crippen molar-refractivity contribution in [2.75, 3.05) is 0 Å². The van der Waals surface area contributed by atoms with Gasteiger partial charge >= 0.3 is 0 Å². The van der Waals surface area contributed by atoms with Crippen molar-refractivity contribution in [1.29, 1.82) is 0 Å². The first-order valence-corrected chi connectivity index (χ1v) is 22.2. The minimum absolute atomic E-state index is 0.0847. The molecule has 8 aromatic rings. The van der Waals surface area contributed by atoms with Gasteiger partial charge in [-0.15, -0.1) is 0 Å². The zero-order valence-electron chi connectivity index (χ0n) is 36.6. The molecule has 5 nitrogen and oxygen atoms in total. The van der Waals surface area contributed by atoms with Crippen molar-refractivity contribution in [1.82, 2.24) is 0 Å². The van der Waals surface area contributed by atoms with Crippen LogP contribution in [0.25, 0.3) is 11.1 Å². The summed E-state index contributed by atoms with van der Waals surface area (Å²) in [4.78, 5) is 16.5. The predicted octanol–water partition coefficient (Wildman–Crippen LogP) is 14.5. The first kappa shape index (κ1) is 44.0. The van der Waals surface area contributed by atoms with Crippen LogP contribution in [0.1, 0.15) is 63.0 Å². The van der Waals surface area contributed by atoms with E-state index in [-0.39, 0.29) is 44.5 Å². The van der Waals surface area contributed by atoms with E-state index in [4.69, 9.17) is 14.2 Å². The molecule has 0 aromatic heterocycles. The molecule has 0 aliphatic carbocycles. The van der Waals surface area contributed by atoms with E-state index in [2.05, 4.69) is 120 Å². The maximum atomic E-state index is 12.4. The van der Waals surface area contributed by atoms with E-state index in [0.717, 1.165) is 0 Å². The molecule has 0 heterocycles. The number of ether oxygens (including phenoxy) is 3. The lowest BCUT2D eigenvalue weighted by Gasteiger charge is -2.23. The van der Waals surface area contributed by atoms with Crippen LogP contribution in [0.4, 0.5) is 0 Å². The highest BCUT2D eigenvalue weighted by Crippen LogP contribution is 2.51. The predicted molar refractivity (Wildman–Crippen MR) is 255 cm³/mol. The second kappa shape index (κ2) is 19.8. The van der Waals surface area contributed by atoms with E-state index in [0.29, 0.717) is 28.4 Å². The summed E-state index contributed by atoms with van der Waals surface area (Å²) >= 11 is 0. The Balaban J connectivity index is 0.000000197. The highest BCUT2D eigenvalue weighted by atomic mass is 32.2. The van der Waals surface area contributed by atoms with Gasteiger partial charge in [0.25, 0.3) is 0 Å². The number of rotatable bonds is 11. The topological polar surface area (TPSA) is 67.8 Å². The lowest BCUT2D eigenvalue weighted by molar-refractivity contribution is -0.255. The molecular weight excluding hydrogens is 797 g/mol. The molecule has 8 rings (SSSR count). The van der Waals surface area contributed by atoms with Crippen molar-refractivity contribution >= 4 is 16.9 Å². The zero-order chi connectivity index (χ0) is 44.4. The average molecular weight is 849 g/mol. The summed E-state index contributed by atoms with van der Waals surface area (Å²) in [5.41, 5.74) is 3.99. The number of carboxylic acids is 1. The van der Waals surface area contributed by atoms with Crippen LogP contribution in [0.3, 0.4) is 0 Å². The van der Waals surface area contributed by atoms with Crippen LogP contribution in [-0.2, 0) is 21.7 Å². The second-order valence-corrected chi connectivity index (χ2v) is 19.0. The first-order valence-electron chi connectivity index (χ1n) is 21.0. The lowest BCUT2D eigenvalue weighted by Crippen LogP contribution is -2.23. The number of carboxylic acid groups (broad SMARTS) is 1. The number of benzene rings is 8. The summed E-state index contributed by atoms with van der Waals surface area (Å²) < 4.78 is 18.8. The van der Waals surface area contributed by atoms with E-state index in [9.17, 15) is 9.90 Å². The fourth-order valence-corrected chi connectivity index (χ4v) is 8.98. The number of carbonyl (C=O) groups is 1. The highest BCUT2D eigenvalue weighted by molar-refractivity contribution is 7.97. The van der Waals surface area contributed by atoms with Gasteiger partial charge in [-0.3, -0.25) is 0 Å². The SMILES string of the molecule is CC(C)(C)c1ccc([S+](c2ccccc2)c2ccc(C(C)(C)C)cc2)cc1.O=C([O-])c1cc(Oc2ccccc2)c(Oc2ccccc2)c(Oc2ccccc2)c1-c1ccccc1. The van der Waals surface area contributed by atoms with E-state index in [1.807, 2.05) is 84.9 Å². The molecule has 0 saturated carbocycles. The van der Waals surface area contributed by atoms with E-state index < -0.39 is 5.97 Å². The summed E-state index contributed by atoms with van der Waals surface area (Å²) in [6.45, 7) is 13.6. The second-order valence-electron chi connectivity index (χ2n) is 17.0. The summed E-state index contributed by atoms with van der Waals surface area (Å²) in [5, 5.41) is 12.4. The van der Waals surface area contributed by atoms with Gasteiger partial charge in [-0.2, -0.15) is 0 Å². The molecule has 8 aromatic carbocycles. The van der Waals surface area contributed by atoms with E-state index in [1.54, 1.807) is 36.4 Å². The van der Waals surface area contributed by atoms with Crippen molar-refractivity contribution in [3.8, 4) is 45.6 Å². The van der Waals surface area contributed by atoms with Crippen molar-refractivity contribution < 1.29 is 24.1 Å². The van der Waals surface area contributed by atoms with Gasteiger partial charge in [0, 0.05) is 11.1 Å². The third-order valence-corrected chi connectivity index (χ3v) is 12.5. The van der Waals surface area contributed by atoms with E-state index >= 15 is 0 Å². The van der Waals surface area contributed by atoms with Crippen LogP contribution in [0.2, 0.25) is 0 Å². The van der Waals surface area contributed by atoms with Gasteiger partial charge in [0.2, 0.25) is 5.75 Å². The van der Waals surface area contributed by atoms with Crippen LogP contribution in [0.15, 0.2) is 221 Å². The number of hydrogen-bond donors (Lipinski definition) is 0. The molecule has 0 spiro atoms. The molecular formula is C57H52O5S. The van der Waals surface area contributed by atoms with Crippen molar-refractivity contribution in [3.05, 3.63) is 223 Å². The van der Waals surface area contributed by atoms with Crippen LogP contribution < -0.4 is 19.3 Å². The Hall–Kier alpha value is -7.02. The van der Waals surface area contributed by atoms with Gasteiger partial charge in [0.1, 0.15) is 17.2 Å². The monoisotopic (exact) mass is 848 g/mol. The standard InChI is InChI=1S/C31H22O5.C26H31S/c32-31(33)26-21-27(34-23-15-7-2-8-16-23)29(35-24-17-9-3-10-18-24)30(36-25-19-11-4-12-20-25)28(26)22-13-5-1-6-14-22;1-25(2,3)20-12-16-23(17-13-20)27(22-10-8-7-9-11-22)24-18-14-21(15-19-24)26(4,5)6/h1-21H,(H,32,33);7-19H,1-6H3/q;+1/p-1. The molecule has 0 unspecified atom stereocenters. The summed E-state index contributed by atoms with van der Waals surface area (Å²) in [6.07, 6.45) is 0. The Bertz CT molecular complexity index is 2630. The number of para-hydroxylation sites is 3.